The van der Waals surface area contributed by atoms with Crippen molar-refractivity contribution in [2.75, 3.05) is 11.2 Å². The zero-order chi connectivity index (χ0) is 12.5. The molecule has 2 aliphatic carbocycles. The van der Waals surface area contributed by atoms with E-state index in [1.807, 2.05) is 0 Å². The predicted octanol–water partition coefficient (Wildman–Crippen LogP) is 2.49. The quantitative estimate of drug-likeness (QED) is 0.451. The van der Waals surface area contributed by atoms with Gasteiger partial charge in [0.15, 0.2) is 0 Å². The maximum Gasteiger partial charge on any atom is 0.123 e. The molecule has 0 atom stereocenters. The number of hydrogen-bond donors (Lipinski definition) is 4. The summed E-state index contributed by atoms with van der Waals surface area (Å²) in [5.74, 6) is 7.11. The Hall–Kier alpha value is -1.94. The number of fused-ring (bicyclic) bond motifs is 2. The predicted molar refractivity (Wildman–Crippen MR) is 75.8 cm³/mol. The molecule has 0 saturated carbocycles. The third-order valence-corrected chi connectivity index (χ3v) is 3.71. The Morgan fingerprint density at radius 2 is 2.11 bits per heavy atom. The number of nitrogen functional groups attached to an aromatic ring is 2. The second kappa shape index (κ2) is 4.38. The zero-order valence-corrected chi connectivity index (χ0v) is 10.3. The van der Waals surface area contributed by atoms with Crippen molar-refractivity contribution >= 4 is 17.2 Å². The van der Waals surface area contributed by atoms with Crippen LogP contribution in [0.15, 0.2) is 29.9 Å². The summed E-state index contributed by atoms with van der Waals surface area (Å²) in [4.78, 5) is 3.14. The summed E-state index contributed by atoms with van der Waals surface area (Å²) in [5, 5.41) is 0. The van der Waals surface area contributed by atoms with E-state index in [-0.39, 0.29) is 0 Å². The number of anilines is 2. The van der Waals surface area contributed by atoms with Crippen LogP contribution in [-0.2, 0) is 6.42 Å². The summed E-state index contributed by atoms with van der Waals surface area (Å²) in [5.41, 5.74) is 13.9. The van der Waals surface area contributed by atoms with Crippen LogP contribution in [-0.4, -0.2) is 4.98 Å². The molecule has 1 aromatic heterocycles. The minimum Gasteiger partial charge on any atom is -0.385 e. The van der Waals surface area contributed by atoms with Crippen LogP contribution >= 0.6 is 0 Å². The van der Waals surface area contributed by atoms with Gasteiger partial charge in [-0.2, -0.15) is 0 Å². The molecule has 94 valence electrons. The molecule has 0 spiro atoms. The van der Waals surface area contributed by atoms with Crippen LogP contribution in [0, 0.1) is 0 Å². The van der Waals surface area contributed by atoms with E-state index in [1.165, 1.54) is 23.1 Å². The smallest absolute Gasteiger partial charge is 0.123 e. The van der Waals surface area contributed by atoms with Gasteiger partial charge in [-0.1, -0.05) is 24.3 Å². The lowest BCUT2D eigenvalue weighted by Crippen LogP contribution is -2.09. The first-order valence-corrected chi connectivity index (χ1v) is 6.33. The van der Waals surface area contributed by atoms with Gasteiger partial charge in [-0.15, -0.1) is 0 Å². The molecule has 0 unspecified atom stereocenters. The minimum absolute atomic E-state index is 0.719. The van der Waals surface area contributed by atoms with Crippen molar-refractivity contribution < 1.29 is 0 Å². The number of aromatic amines is 1. The summed E-state index contributed by atoms with van der Waals surface area (Å²) in [6, 6.07) is 0. The molecule has 0 aliphatic heterocycles. The highest BCUT2D eigenvalue weighted by Crippen LogP contribution is 2.41. The van der Waals surface area contributed by atoms with E-state index in [4.69, 9.17) is 11.6 Å². The van der Waals surface area contributed by atoms with E-state index >= 15 is 0 Å². The number of hydrazine groups is 1. The Balaban J connectivity index is 2.23. The first-order chi connectivity index (χ1) is 8.81. The van der Waals surface area contributed by atoms with Gasteiger partial charge >= 0.3 is 0 Å². The molecule has 2 aliphatic rings. The lowest BCUT2D eigenvalue weighted by Gasteiger charge is -2.07. The first kappa shape index (κ1) is 11.2. The van der Waals surface area contributed by atoms with Gasteiger partial charge in [-0.25, -0.2) is 5.84 Å². The molecular formula is C14H18N4. The summed E-state index contributed by atoms with van der Waals surface area (Å²) < 4.78 is 0. The van der Waals surface area contributed by atoms with Gasteiger partial charge in [-0.05, 0) is 36.8 Å². The molecule has 6 N–H and O–H groups in total. The van der Waals surface area contributed by atoms with Gasteiger partial charge in [-0.3, -0.25) is 0 Å². The van der Waals surface area contributed by atoms with Crippen molar-refractivity contribution in [3.63, 3.8) is 0 Å². The van der Waals surface area contributed by atoms with Crippen LogP contribution in [0.3, 0.4) is 0 Å². The highest BCUT2D eigenvalue weighted by Gasteiger charge is 2.23. The molecule has 0 aromatic carbocycles. The van der Waals surface area contributed by atoms with E-state index < -0.39 is 0 Å². The van der Waals surface area contributed by atoms with Crippen LogP contribution in [0.25, 0.3) is 5.57 Å². The maximum absolute atomic E-state index is 6.13. The molecule has 4 heteroatoms. The van der Waals surface area contributed by atoms with Gasteiger partial charge in [0.1, 0.15) is 11.6 Å². The van der Waals surface area contributed by atoms with Gasteiger partial charge in [0.25, 0.3) is 0 Å². The van der Waals surface area contributed by atoms with Gasteiger partial charge in [0, 0.05) is 11.1 Å². The Morgan fingerprint density at radius 3 is 2.94 bits per heavy atom. The third-order valence-electron chi connectivity index (χ3n) is 3.71. The molecule has 4 nitrogen and oxygen atoms in total. The fourth-order valence-electron chi connectivity index (χ4n) is 2.90. The Labute approximate surface area is 106 Å². The average molecular weight is 242 g/mol. The largest absolute Gasteiger partial charge is 0.385 e. The number of hydrogen-bond acceptors (Lipinski definition) is 3. The molecule has 18 heavy (non-hydrogen) atoms. The van der Waals surface area contributed by atoms with Crippen LogP contribution in [0.5, 0.6) is 0 Å². The fraction of sp³-hybridized carbons (Fsp3) is 0.286. The molecule has 3 rings (SSSR count). The monoisotopic (exact) mass is 242 g/mol. The lowest BCUT2D eigenvalue weighted by molar-refractivity contribution is 0.920. The highest BCUT2D eigenvalue weighted by atomic mass is 15.3. The van der Waals surface area contributed by atoms with E-state index in [0.717, 1.165) is 36.5 Å². The molecule has 0 amide bonds. The Morgan fingerprint density at radius 1 is 1.22 bits per heavy atom. The topological polar surface area (TPSA) is 79.9 Å². The summed E-state index contributed by atoms with van der Waals surface area (Å²) in [6.07, 6.45) is 12.8. The molecule has 1 aromatic rings. The number of H-pyrrole nitrogens is 1. The lowest BCUT2D eigenvalue weighted by atomic mass is 9.98. The summed E-state index contributed by atoms with van der Waals surface area (Å²) in [6.45, 7) is 0. The standard InChI is InChI=1S/C14H18N4/c15-13-12-10-8-4-6-9(10)5-2-1-3-7-11(12)14(17-13)18-16/h1-3,5,17-18H,4,6-8,15-16H2/b3-1-,5-2-. The van der Waals surface area contributed by atoms with Crippen molar-refractivity contribution in [2.24, 2.45) is 5.84 Å². The first-order valence-electron chi connectivity index (χ1n) is 6.33. The van der Waals surface area contributed by atoms with Gasteiger partial charge < -0.3 is 16.1 Å². The van der Waals surface area contributed by atoms with Gasteiger partial charge in [0.05, 0.1) is 0 Å². The molecule has 1 heterocycles. The van der Waals surface area contributed by atoms with Crippen molar-refractivity contribution in [3.05, 3.63) is 41.0 Å². The summed E-state index contributed by atoms with van der Waals surface area (Å²) in [7, 11) is 0. The number of aromatic nitrogens is 1. The SMILES string of the molecule is NNc1[nH]c(N)c2c1C/C=C\C=C/C1=C2CCC1. The molecule has 0 fully saturated rings. The van der Waals surface area contributed by atoms with Crippen molar-refractivity contribution in [2.45, 2.75) is 25.7 Å². The molecule has 0 saturated heterocycles. The van der Waals surface area contributed by atoms with E-state index in [2.05, 4.69) is 34.7 Å². The highest BCUT2D eigenvalue weighted by molar-refractivity contribution is 5.84. The maximum atomic E-state index is 6.13. The Bertz CT molecular complexity index is 561. The summed E-state index contributed by atoms with van der Waals surface area (Å²) >= 11 is 0. The number of nitrogens with two attached hydrogens (primary N) is 2. The molecule has 0 radical (unpaired) electrons. The van der Waals surface area contributed by atoms with E-state index in [1.54, 1.807) is 0 Å². The third kappa shape index (κ3) is 1.66. The number of nitrogens with one attached hydrogen (secondary N) is 2. The Kier molecular flexibility index (Phi) is 2.72. The number of allylic oxidation sites excluding steroid dienone is 6. The minimum atomic E-state index is 0.719. The second-order valence-electron chi connectivity index (χ2n) is 4.76. The van der Waals surface area contributed by atoms with E-state index in [9.17, 15) is 0 Å². The van der Waals surface area contributed by atoms with E-state index in [0.29, 0.717) is 0 Å². The second-order valence-corrected chi connectivity index (χ2v) is 4.76. The number of rotatable bonds is 1. The average Bonchev–Trinajstić information content (AvgIpc) is 2.92. The molecule has 0 bridgehead atoms. The normalized spacial score (nSPS) is 21.6. The van der Waals surface area contributed by atoms with Crippen LogP contribution < -0.4 is 17.0 Å². The molecular weight excluding hydrogens is 224 g/mol. The fourth-order valence-corrected chi connectivity index (χ4v) is 2.90. The van der Waals surface area contributed by atoms with Gasteiger partial charge in [0.2, 0.25) is 0 Å². The van der Waals surface area contributed by atoms with Crippen molar-refractivity contribution in [3.8, 4) is 0 Å². The zero-order valence-electron chi connectivity index (χ0n) is 10.3. The van der Waals surface area contributed by atoms with Crippen LogP contribution in [0.1, 0.15) is 30.4 Å². The van der Waals surface area contributed by atoms with Crippen molar-refractivity contribution in [1.82, 2.24) is 4.98 Å². The van der Waals surface area contributed by atoms with Crippen LogP contribution in [0.4, 0.5) is 11.6 Å². The van der Waals surface area contributed by atoms with Crippen molar-refractivity contribution in [1.29, 1.82) is 0 Å². The van der Waals surface area contributed by atoms with Crippen LogP contribution in [0.2, 0.25) is 0 Å².